The van der Waals surface area contributed by atoms with E-state index in [9.17, 15) is 14.4 Å². The Labute approximate surface area is 382 Å². The predicted octanol–water partition coefficient (Wildman–Crippen LogP) is 16.8. The Kier molecular flexibility index (Phi) is 47.5. The standard InChI is InChI=1S/C56H94O6/c1-4-7-10-13-16-19-22-25-27-29-31-34-37-40-43-46-49-55(58)61-52-53(51-60-54(57)48-45-42-39-36-33-30-24-21-18-15-12-9-6-3)62-56(59)50-47-44-41-38-35-32-28-26-23-20-17-14-11-8-5-2/h8,11,14,17,20,23,26,28,30,32-33,35,39,42,53H,4-7,9-10,12-13,15-16,18-19,21-22,24-25,27,29,31,34,36-38,40-41,43-52H2,1-3H3/b11-8+,17-14+,23-20+,28-26+,33-30+,35-32+,42-39+. The molecule has 0 aromatic heterocycles. The number of esters is 3. The number of hydrogen-bond donors (Lipinski definition) is 0. The van der Waals surface area contributed by atoms with Crippen LogP contribution in [-0.4, -0.2) is 37.2 Å². The summed E-state index contributed by atoms with van der Waals surface area (Å²) in [4.78, 5) is 37.9. The molecule has 1 atom stereocenters. The number of allylic oxidation sites excluding steroid dienone is 14. The highest BCUT2D eigenvalue weighted by atomic mass is 16.6. The van der Waals surface area contributed by atoms with E-state index in [1.165, 1.54) is 122 Å². The van der Waals surface area contributed by atoms with Crippen LogP contribution in [0.5, 0.6) is 0 Å². The first-order valence-corrected chi connectivity index (χ1v) is 25.7. The third kappa shape index (κ3) is 47.6. The highest BCUT2D eigenvalue weighted by molar-refractivity contribution is 5.71. The van der Waals surface area contributed by atoms with Crippen molar-refractivity contribution < 1.29 is 28.6 Å². The van der Waals surface area contributed by atoms with E-state index in [4.69, 9.17) is 14.2 Å². The van der Waals surface area contributed by atoms with E-state index in [1.807, 2.05) is 54.7 Å². The van der Waals surface area contributed by atoms with Crippen LogP contribution >= 0.6 is 0 Å². The molecule has 1 unspecified atom stereocenters. The monoisotopic (exact) mass is 863 g/mol. The summed E-state index contributed by atoms with van der Waals surface area (Å²) >= 11 is 0. The maximum Gasteiger partial charge on any atom is 0.306 e. The Balaban J connectivity index is 4.50. The quantitative estimate of drug-likeness (QED) is 0.0199. The Morgan fingerprint density at radius 1 is 0.355 bits per heavy atom. The van der Waals surface area contributed by atoms with Gasteiger partial charge in [0, 0.05) is 19.3 Å². The molecular weight excluding hydrogens is 769 g/mol. The maximum absolute atomic E-state index is 12.8. The van der Waals surface area contributed by atoms with Gasteiger partial charge < -0.3 is 14.2 Å². The van der Waals surface area contributed by atoms with Crippen LogP contribution in [0.4, 0.5) is 0 Å². The van der Waals surface area contributed by atoms with E-state index in [1.54, 1.807) is 0 Å². The summed E-state index contributed by atoms with van der Waals surface area (Å²) in [6.45, 7) is 6.40. The van der Waals surface area contributed by atoms with Gasteiger partial charge in [-0.25, -0.2) is 0 Å². The molecule has 0 aliphatic rings. The molecule has 0 spiro atoms. The Hall–Kier alpha value is -3.41. The van der Waals surface area contributed by atoms with Gasteiger partial charge in [-0.05, 0) is 57.8 Å². The van der Waals surface area contributed by atoms with Gasteiger partial charge in [-0.3, -0.25) is 14.4 Å². The molecule has 0 N–H and O–H groups in total. The second-order valence-corrected chi connectivity index (χ2v) is 16.8. The number of rotatable bonds is 45. The molecule has 6 nitrogen and oxygen atoms in total. The van der Waals surface area contributed by atoms with Gasteiger partial charge in [0.2, 0.25) is 0 Å². The van der Waals surface area contributed by atoms with Gasteiger partial charge in [-0.2, -0.15) is 0 Å². The fourth-order valence-electron chi connectivity index (χ4n) is 6.93. The smallest absolute Gasteiger partial charge is 0.306 e. The summed E-state index contributed by atoms with van der Waals surface area (Å²) < 4.78 is 16.7. The van der Waals surface area contributed by atoms with Crippen LogP contribution in [0, 0.1) is 0 Å². The van der Waals surface area contributed by atoms with Crippen molar-refractivity contribution in [3.63, 3.8) is 0 Å². The van der Waals surface area contributed by atoms with Crippen molar-refractivity contribution in [2.24, 2.45) is 0 Å². The minimum Gasteiger partial charge on any atom is -0.462 e. The molecule has 0 aliphatic heterocycles. The van der Waals surface area contributed by atoms with Crippen LogP contribution < -0.4 is 0 Å². The lowest BCUT2D eigenvalue weighted by molar-refractivity contribution is -0.166. The van der Waals surface area contributed by atoms with Crippen LogP contribution in [0.25, 0.3) is 0 Å². The van der Waals surface area contributed by atoms with Crippen molar-refractivity contribution >= 4 is 17.9 Å². The fraction of sp³-hybridized carbons (Fsp3) is 0.696. The SMILES string of the molecule is CC/C=C/C=C/C=C/C=C/C=C/CCCCCC(=O)OC(COC(=O)CC/C=C/C/C=C/CCCCCCCC)COC(=O)CCCCCCCCCCCCCCCCCC. The van der Waals surface area contributed by atoms with Gasteiger partial charge >= 0.3 is 17.9 Å². The number of unbranched alkanes of at least 4 members (excludes halogenated alkanes) is 24. The molecule has 0 rings (SSSR count). The van der Waals surface area contributed by atoms with Crippen LogP contribution in [-0.2, 0) is 28.6 Å². The summed E-state index contributed by atoms with van der Waals surface area (Å²) in [6.07, 6.45) is 64.4. The zero-order valence-electron chi connectivity index (χ0n) is 40.4. The number of carbonyl (C=O) groups is 3. The van der Waals surface area contributed by atoms with Gasteiger partial charge in [0.25, 0.3) is 0 Å². The maximum atomic E-state index is 12.8. The van der Waals surface area contributed by atoms with Gasteiger partial charge in [-0.1, -0.05) is 241 Å². The van der Waals surface area contributed by atoms with Crippen molar-refractivity contribution in [1.29, 1.82) is 0 Å². The average molecular weight is 863 g/mol. The van der Waals surface area contributed by atoms with Gasteiger partial charge in [-0.15, -0.1) is 0 Å². The molecule has 0 aromatic rings. The Morgan fingerprint density at radius 2 is 0.726 bits per heavy atom. The molecule has 0 fully saturated rings. The number of hydrogen-bond acceptors (Lipinski definition) is 6. The Morgan fingerprint density at radius 3 is 1.23 bits per heavy atom. The molecule has 0 aliphatic carbocycles. The minimum absolute atomic E-state index is 0.110. The lowest BCUT2D eigenvalue weighted by Crippen LogP contribution is -2.30. The molecule has 0 heterocycles. The first-order valence-electron chi connectivity index (χ1n) is 25.7. The van der Waals surface area contributed by atoms with Gasteiger partial charge in [0.15, 0.2) is 6.10 Å². The molecular formula is C56H94O6. The molecule has 0 saturated carbocycles. The summed E-state index contributed by atoms with van der Waals surface area (Å²) in [5.41, 5.74) is 0. The zero-order valence-corrected chi connectivity index (χ0v) is 40.4. The first kappa shape index (κ1) is 58.6. The molecule has 354 valence electrons. The van der Waals surface area contributed by atoms with Crippen LogP contribution in [0.15, 0.2) is 85.1 Å². The summed E-state index contributed by atoms with van der Waals surface area (Å²) in [5, 5.41) is 0. The van der Waals surface area contributed by atoms with Crippen LogP contribution in [0.1, 0.15) is 233 Å². The third-order valence-electron chi connectivity index (χ3n) is 10.8. The fourth-order valence-corrected chi connectivity index (χ4v) is 6.93. The van der Waals surface area contributed by atoms with E-state index in [0.29, 0.717) is 19.3 Å². The molecule has 62 heavy (non-hydrogen) atoms. The molecule has 0 amide bonds. The normalized spacial score (nSPS) is 12.8. The van der Waals surface area contributed by atoms with Crippen LogP contribution in [0.3, 0.4) is 0 Å². The van der Waals surface area contributed by atoms with Crippen molar-refractivity contribution in [2.75, 3.05) is 13.2 Å². The topological polar surface area (TPSA) is 78.9 Å². The van der Waals surface area contributed by atoms with E-state index < -0.39 is 6.10 Å². The molecule has 0 saturated heterocycles. The number of ether oxygens (including phenoxy) is 3. The second kappa shape index (κ2) is 50.2. The predicted molar refractivity (Wildman–Crippen MR) is 265 cm³/mol. The average Bonchev–Trinajstić information content (AvgIpc) is 3.27. The lowest BCUT2D eigenvalue weighted by Gasteiger charge is -2.18. The third-order valence-corrected chi connectivity index (χ3v) is 10.8. The first-order chi connectivity index (χ1) is 30.5. The molecule has 0 radical (unpaired) electrons. The van der Waals surface area contributed by atoms with E-state index in [2.05, 4.69) is 51.2 Å². The van der Waals surface area contributed by atoms with Crippen LogP contribution in [0.2, 0.25) is 0 Å². The Bertz CT molecular complexity index is 1220. The van der Waals surface area contributed by atoms with Gasteiger partial charge in [0.05, 0.1) is 0 Å². The summed E-state index contributed by atoms with van der Waals surface area (Å²) in [6, 6.07) is 0. The van der Waals surface area contributed by atoms with Crippen molar-refractivity contribution in [3.05, 3.63) is 85.1 Å². The molecule has 0 aromatic carbocycles. The molecule has 0 bridgehead atoms. The van der Waals surface area contributed by atoms with Crippen molar-refractivity contribution in [1.82, 2.24) is 0 Å². The number of carbonyl (C=O) groups excluding carboxylic acids is 3. The summed E-state index contributed by atoms with van der Waals surface area (Å²) in [5.74, 6) is -1.02. The van der Waals surface area contributed by atoms with Crippen molar-refractivity contribution in [3.8, 4) is 0 Å². The largest absolute Gasteiger partial charge is 0.462 e. The minimum atomic E-state index is -0.819. The van der Waals surface area contributed by atoms with E-state index >= 15 is 0 Å². The second-order valence-electron chi connectivity index (χ2n) is 16.8. The van der Waals surface area contributed by atoms with Gasteiger partial charge in [0.1, 0.15) is 13.2 Å². The lowest BCUT2D eigenvalue weighted by atomic mass is 10.0. The zero-order chi connectivity index (χ0) is 45.1. The summed E-state index contributed by atoms with van der Waals surface area (Å²) in [7, 11) is 0. The van der Waals surface area contributed by atoms with E-state index in [0.717, 1.165) is 57.8 Å². The molecule has 6 heteroatoms. The highest BCUT2D eigenvalue weighted by Gasteiger charge is 2.19. The van der Waals surface area contributed by atoms with Crippen molar-refractivity contribution in [2.45, 2.75) is 239 Å². The highest BCUT2D eigenvalue weighted by Crippen LogP contribution is 2.15. The van der Waals surface area contributed by atoms with E-state index in [-0.39, 0.29) is 44.0 Å².